The predicted molar refractivity (Wildman–Crippen MR) is 77.1 cm³/mol. The first-order chi connectivity index (χ1) is 9.13. The summed E-state index contributed by atoms with van der Waals surface area (Å²) in [4.78, 5) is 11.0. The van der Waals surface area contributed by atoms with Gasteiger partial charge in [0.05, 0.1) is 10.6 Å². The van der Waals surface area contributed by atoms with E-state index in [-0.39, 0.29) is 0 Å². The number of ether oxygens (including phenoxy) is 1. The van der Waals surface area contributed by atoms with Crippen LogP contribution in [-0.2, 0) is 6.61 Å². The van der Waals surface area contributed by atoms with Gasteiger partial charge in [-0.2, -0.15) is 0 Å². The minimum Gasteiger partial charge on any atom is -0.487 e. The Morgan fingerprint density at radius 3 is 2.37 bits per heavy atom. The highest BCUT2D eigenvalue weighted by molar-refractivity contribution is 6.32. The van der Waals surface area contributed by atoms with E-state index in [0.29, 0.717) is 22.9 Å². The molecule has 0 radical (unpaired) electrons. The molecule has 0 amide bonds. The Labute approximate surface area is 118 Å². The maximum absolute atomic E-state index is 11.0. The third kappa shape index (κ3) is 2.96. The molecule has 0 atom stereocenters. The molecule has 0 aliphatic heterocycles. The van der Waals surface area contributed by atoms with Gasteiger partial charge in [-0.05, 0) is 42.7 Å². The summed E-state index contributed by atoms with van der Waals surface area (Å²) in [6.07, 6.45) is 0.756. The maximum Gasteiger partial charge on any atom is 0.153 e. The normalized spacial score (nSPS) is 10.3. The molecule has 0 saturated carbocycles. The van der Waals surface area contributed by atoms with Gasteiger partial charge in [0.1, 0.15) is 12.4 Å². The highest BCUT2D eigenvalue weighted by Gasteiger charge is 2.09. The molecular formula is C16H15ClO2. The van der Waals surface area contributed by atoms with Crippen LogP contribution in [0.5, 0.6) is 5.75 Å². The monoisotopic (exact) mass is 274 g/mol. The summed E-state index contributed by atoms with van der Waals surface area (Å²) in [7, 11) is 0. The largest absolute Gasteiger partial charge is 0.487 e. The Morgan fingerprint density at radius 2 is 1.74 bits per heavy atom. The predicted octanol–water partition coefficient (Wildman–Crippen LogP) is 4.35. The van der Waals surface area contributed by atoms with Gasteiger partial charge in [-0.3, -0.25) is 4.79 Å². The van der Waals surface area contributed by atoms with Gasteiger partial charge in [-0.1, -0.05) is 35.9 Å². The Kier molecular flexibility index (Phi) is 4.23. The third-order valence-corrected chi connectivity index (χ3v) is 3.43. The van der Waals surface area contributed by atoms with E-state index in [2.05, 4.69) is 0 Å². The molecule has 2 aromatic carbocycles. The Bertz CT molecular complexity index is 585. The molecule has 0 aliphatic carbocycles. The van der Waals surface area contributed by atoms with Crippen molar-refractivity contribution >= 4 is 17.9 Å². The quantitative estimate of drug-likeness (QED) is 0.775. The number of halogens is 1. The molecule has 0 aliphatic rings. The van der Waals surface area contributed by atoms with E-state index in [1.165, 1.54) is 11.1 Å². The minimum atomic E-state index is 0.406. The van der Waals surface area contributed by atoms with Crippen molar-refractivity contribution in [2.45, 2.75) is 20.5 Å². The summed E-state index contributed by atoms with van der Waals surface area (Å²) in [5, 5.41) is 0.454. The topological polar surface area (TPSA) is 26.3 Å². The number of hydrogen-bond acceptors (Lipinski definition) is 2. The zero-order chi connectivity index (χ0) is 13.8. The molecule has 0 fully saturated rings. The van der Waals surface area contributed by atoms with Gasteiger partial charge in [-0.15, -0.1) is 0 Å². The van der Waals surface area contributed by atoms with Crippen molar-refractivity contribution in [1.82, 2.24) is 0 Å². The number of carbonyl (C=O) groups excluding carboxylic acids is 1. The number of hydrogen-bond donors (Lipinski definition) is 0. The molecule has 0 bridgehead atoms. The van der Waals surface area contributed by atoms with Gasteiger partial charge >= 0.3 is 0 Å². The van der Waals surface area contributed by atoms with Gasteiger partial charge in [0.2, 0.25) is 0 Å². The molecule has 3 heteroatoms. The van der Waals surface area contributed by atoms with Crippen LogP contribution < -0.4 is 4.74 Å². The van der Waals surface area contributed by atoms with Crippen molar-refractivity contribution in [3.8, 4) is 5.75 Å². The number of benzene rings is 2. The first-order valence-corrected chi connectivity index (χ1v) is 6.43. The zero-order valence-corrected chi connectivity index (χ0v) is 11.7. The summed E-state index contributed by atoms with van der Waals surface area (Å²) >= 11 is 6.07. The fourth-order valence-electron chi connectivity index (χ4n) is 1.99. The van der Waals surface area contributed by atoms with E-state index in [0.717, 1.165) is 11.8 Å². The molecule has 19 heavy (non-hydrogen) atoms. The first kappa shape index (κ1) is 13.6. The van der Waals surface area contributed by atoms with Crippen molar-refractivity contribution in [2.75, 3.05) is 0 Å². The van der Waals surface area contributed by atoms with Crippen LogP contribution in [0.1, 0.15) is 27.0 Å². The van der Waals surface area contributed by atoms with E-state index < -0.39 is 0 Å². The minimum absolute atomic E-state index is 0.406. The van der Waals surface area contributed by atoms with Gasteiger partial charge in [0.15, 0.2) is 6.29 Å². The molecule has 2 aromatic rings. The molecule has 0 saturated heterocycles. The zero-order valence-electron chi connectivity index (χ0n) is 10.9. The smallest absolute Gasteiger partial charge is 0.153 e. The van der Waals surface area contributed by atoms with Crippen LogP contribution in [0.2, 0.25) is 5.02 Å². The Hall–Kier alpha value is -1.80. The molecule has 0 N–H and O–H groups in total. The molecule has 0 heterocycles. The van der Waals surface area contributed by atoms with Gasteiger partial charge in [0.25, 0.3) is 0 Å². The van der Waals surface area contributed by atoms with Crippen LogP contribution in [-0.4, -0.2) is 6.29 Å². The second-order valence-electron chi connectivity index (χ2n) is 4.44. The number of rotatable bonds is 4. The number of aldehydes is 1. The van der Waals surface area contributed by atoms with Crippen LogP contribution >= 0.6 is 11.6 Å². The lowest BCUT2D eigenvalue weighted by atomic mass is 10.0. The van der Waals surface area contributed by atoms with Crippen LogP contribution in [0.3, 0.4) is 0 Å². The third-order valence-electron chi connectivity index (χ3n) is 3.13. The summed E-state index contributed by atoms with van der Waals surface area (Å²) < 4.78 is 5.74. The summed E-state index contributed by atoms with van der Waals surface area (Å²) in [5.41, 5.74) is 3.93. The van der Waals surface area contributed by atoms with Crippen LogP contribution in [0.25, 0.3) is 0 Å². The number of para-hydroxylation sites is 1. The van der Waals surface area contributed by atoms with Gasteiger partial charge < -0.3 is 4.74 Å². The van der Waals surface area contributed by atoms with Crippen molar-refractivity contribution < 1.29 is 9.53 Å². The fourth-order valence-corrected chi connectivity index (χ4v) is 2.23. The Balaban J connectivity index is 2.26. The molecule has 0 spiro atoms. The van der Waals surface area contributed by atoms with E-state index in [9.17, 15) is 4.79 Å². The second kappa shape index (κ2) is 5.89. The Morgan fingerprint density at radius 1 is 1.11 bits per heavy atom. The molecular weight excluding hydrogens is 260 g/mol. The highest BCUT2D eigenvalue weighted by atomic mass is 35.5. The molecule has 2 nitrogen and oxygen atoms in total. The van der Waals surface area contributed by atoms with E-state index in [1.807, 2.05) is 32.0 Å². The van der Waals surface area contributed by atoms with Crippen molar-refractivity contribution in [3.05, 3.63) is 63.7 Å². The summed E-state index contributed by atoms with van der Waals surface area (Å²) in [6.45, 7) is 4.49. The van der Waals surface area contributed by atoms with Crippen molar-refractivity contribution in [3.63, 3.8) is 0 Å². The van der Waals surface area contributed by atoms with Gasteiger partial charge in [-0.25, -0.2) is 0 Å². The van der Waals surface area contributed by atoms with Gasteiger partial charge in [0, 0.05) is 0 Å². The lowest BCUT2D eigenvalue weighted by Crippen LogP contribution is -2.02. The maximum atomic E-state index is 11.0. The standard InChI is InChI=1S/C16H15ClO2/c1-11-5-3-6-12(2)14(11)10-19-16-13(9-18)7-4-8-15(16)17/h3-9H,10H2,1-2H3. The van der Waals surface area contributed by atoms with E-state index in [4.69, 9.17) is 16.3 Å². The molecule has 0 unspecified atom stereocenters. The fraction of sp³-hybridized carbons (Fsp3) is 0.188. The number of aryl methyl sites for hydroxylation is 2. The van der Waals surface area contributed by atoms with Crippen molar-refractivity contribution in [1.29, 1.82) is 0 Å². The highest BCUT2D eigenvalue weighted by Crippen LogP contribution is 2.29. The van der Waals surface area contributed by atoms with Crippen LogP contribution in [0.4, 0.5) is 0 Å². The molecule has 0 aromatic heterocycles. The lowest BCUT2D eigenvalue weighted by molar-refractivity contribution is 0.111. The molecule has 98 valence electrons. The van der Waals surface area contributed by atoms with E-state index >= 15 is 0 Å². The average molecular weight is 275 g/mol. The average Bonchev–Trinajstić information content (AvgIpc) is 2.39. The van der Waals surface area contributed by atoms with E-state index in [1.54, 1.807) is 18.2 Å². The summed E-state index contributed by atoms with van der Waals surface area (Å²) in [5.74, 6) is 0.446. The second-order valence-corrected chi connectivity index (χ2v) is 4.84. The first-order valence-electron chi connectivity index (χ1n) is 6.05. The van der Waals surface area contributed by atoms with Crippen LogP contribution in [0, 0.1) is 13.8 Å². The molecule has 2 rings (SSSR count). The van der Waals surface area contributed by atoms with Crippen LogP contribution in [0.15, 0.2) is 36.4 Å². The van der Waals surface area contributed by atoms with Crippen molar-refractivity contribution in [2.24, 2.45) is 0 Å². The lowest BCUT2D eigenvalue weighted by Gasteiger charge is -2.13. The summed E-state index contributed by atoms with van der Waals surface area (Å²) in [6, 6.07) is 11.2. The SMILES string of the molecule is Cc1cccc(C)c1COc1c(Cl)cccc1C=O. The number of carbonyl (C=O) groups is 1.